The zero-order chi connectivity index (χ0) is 14.3. The van der Waals surface area contributed by atoms with Gasteiger partial charge in [0, 0.05) is 11.3 Å². The van der Waals surface area contributed by atoms with Crippen molar-refractivity contribution in [3.8, 4) is 0 Å². The summed E-state index contributed by atoms with van der Waals surface area (Å²) in [5.74, 6) is 0.636. The van der Waals surface area contributed by atoms with Crippen LogP contribution < -0.4 is 5.32 Å². The van der Waals surface area contributed by atoms with E-state index in [1.807, 2.05) is 0 Å². The minimum absolute atomic E-state index is 0.285. The molecule has 2 aromatic carbocycles. The van der Waals surface area contributed by atoms with Gasteiger partial charge in [-0.25, -0.2) is 0 Å². The first kappa shape index (κ1) is 13.1. The Labute approximate surface area is 127 Å². The molecule has 1 N–H and O–H groups in total. The highest BCUT2D eigenvalue weighted by Gasteiger charge is 2.51. The normalized spacial score (nSPS) is 24.9. The van der Waals surface area contributed by atoms with Gasteiger partial charge in [-0.2, -0.15) is 0 Å². The number of fused-ring (bicyclic) bond motifs is 8. The van der Waals surface area contributed by atoms with Crippen molar-refractivity contribution in [3.05, 3.63) is 70.8 Å². The first-order valence-corrected chi connectivity index (χ1v) is 8.26. The van der Waals surface area contributed by atoms with E-state index in [9.17, 15) is 0 Å². The SMILES string of the molecule is CCNCCCC12CC(c3ccccc31)c1ccccc12. The molecular weight excluding hydrogens is 254 g/mol. The molecule has 0 saturated carbocycles. The summed E-state index contributed by atoms with van der Waals surface area (Å²) in [5, 5.41) is 3.48. The van der Waals surface area contributed by atoms with Crippen LogP contribution in [0.1, 0.15) is 54.4 Å². The van der Waals surface area contributed by atoms with Gasteiger partial charge in [-0.15, -0.1) is 0 Å². The molecule has 0 unspecified atom stereocenters. The maximum atomic E-state index is 3.48. The molecular formula is C20H23N. The first-order valence-electron chi connectivity index (χ1n) is 8.26. The summed E-state index contributed by atoms with van der Waals surface area (Å²) in [7, 11) is 0. The largest absolute Gasteiger partial charge is 0.317 e. The Bertz CT molecular complexity index is 611. The topological polar surface area (TPSA) is 12.0 Å². The molecule has 0 saturated heterocycles. The third kappa shape index (κ3) is 1.80. The maximum Gasteiger partial charge on any atom is 0.0218 e. The molecule has 1 nitrogen and oxygen atoms in total. The second-order valence-electron chi connectivity index (χ2n) is 6.47. The molecule has 2 aliphatic rings. The highest BCUT2D eigenvalue weighted by atomic mass is 14.8. The Morgan fingerprint density at radius 1 is 1.00 bits per heavy atom. The molecule has 4 rings (SSSR count). The number of hydrogen-bond acceptors (Lipinski definition) is 1. The van der Waals surface area contributed by atoms with Crippen LogP contribution in [0.5, 0.6) is 0 Å². The van der Waals surface area contributed by atoms with Crippen LogP contribution in [0.4, 0.5) is 0 Å². The van der Waals surface area contributed by atoms with E-state index >= 15 is 0 Å². The van der Waals surface area contributed by atoms with Crippen molar-refractivity contribution < 1.29 is 0 Å². The van der Waals surface area contributed by atoms with Gasteiger partial charge in [-0.05, 0) is 54.6 Å². The van der Waals surface area contributed by atoms with Gasteiger partial charge in [0.15, 0.2) is 0 Å². The predicted octanol–water partition coefficient (Wildman–Crippen LogP) is 4.21. The van der Waals surface area contributed by atoms with E-state index < -0.39 is 0 Å². The number of benzene rings is 2. The lowest BCUT2D eigenvalue weighted by Crippen LogP contribution is -2.26. The smallest absolute Gasteiger partial charge is 0.0218 e. The molecule has 0 spiro atoms. The summed E-state index contributed by atoms with van der Waals surface area (Å²) in [6, 6.07) is 18.3. The van der Waals surface area contributed by atoms with Crippen molar-refractivity contribution >= 4 is 0 Å². The fraction of sp³-hybridized carbons (Fsp3) is 0.400. The average molecular weight is 277 g/mol. The van der Waals surface area contributed by atoms with Crippen LogP contribution in [0.25, 0.3) is 0 Å². The lowest BCUT2D eigenvalue weighted by Gasteiger charge is -2.31. The van der Waals surface area contributed by atoms with Gasteiger partial charge in [-0.1, -0.05) is 55.5 Å². The van der Waals surface area contributed by atoms with E-state index in [0.29, 0.717) is 5.92 Å². The molecule has 0 aromatic heterocycles. The molecule has 21 heavy (non-hydrogen) atoms. The van der Waals surface area contributed by atoms with Gasteiger partial charge in [0.1, 0.15) is 0 Å². The highest BCUT2D eigenvalue weighted by Crippen LogP contribution is 2.61. The summed E-state index contributed by atoms with van der Waals surface area (Å²) < 4.78 is 0. The van der Waals surface area contributed by atoms with E-state index in [-0.39, 0.29) is 5.41 Å². The summed E-state index contributed by atoms with van der Waals surface area (Å²) in [6.45, 7) is 4.39. The molecule has 108 valence electrons. The van der Waals surface area contributed by atoms with Crippen molar-refractivity contribution in [2.24, 2.45) is 0 Å². The van der Waals surface area contributed by atoms with Crippen LogP contribution in [-0.2, 0) is 5.41 Å². The Balaban J connectivity index is 1.75. The van der Waals surface area contributed by atoms with Gasteiger partial charge < -0.3 is 5.32 Å². The number of hydrogen-bond donors (Lipinski definition) is 1. The van der Waals surface area contributed by atoms with Crippen LogP contribution in [-0.4, -0.2) is 13.1 Å². The third-order valence-electron chi connectivity index (χ3n) is 5.46. The Kier molecular flexibility index (Phi) is 3.11. The van der Waals surface area contributed by atoms with Gasteiger partial charge in [0.25, 0.3) is 0 Å². The molecule has 0 radical (unpaired) electrons. The molecule has 0 aliphatic heterocycles. The van der Waals surface area contributed by atoms with Crippen molar-refractivity contribution in [2.45, 2.75) is 37.5 Å². The van der Waals surface area contributed by atoms with E-state index in [4.69, 9.17) is 0 Å². The molecule has 0 heterocycles. The van der Waals surface area contributed by atoms with Crippen molar-refractivity contribution in [3.63, 3.8) is 0 Å². The maximum absolute atomic E-state index is 3.48. The van der Waals surface area contributed by atoms with Crippen LogP contribution in [0, 0.1) is 0 Å². The summed E-state index contributed by atoms with van der Waals surface area (Å²) in [5.41, 5.74) is 6.66. The molecule has 2 bridgehead atoms. The summed E-state index contributed by atoms with van der Waals surface area (Å²) >= 11 is 0. The average Bonchev–Trinajstić information content (AvgIpc) is 3.05. The van der Waals surface area contributed by atoms with E-state index in [0.717, 1.165) is 13.1 Å². The van der Waals surface area contributed by atoms with Crippen molar-refractivity contribution in [1.82, 2.24) is 5.32 Å². The lowest BCUT2D eigenvalue weighted by atomic mass is 9.72. The molecule has 2 aromatic rings. The minimum Gasteiger partial charge on any atom is -0.317 e. The minimum atomic E-state index is 0.285. The highest BCUT2D eigenvalue weighted by molar-refractivity contribution is 5.62. The van der Waals surface area contributed by atoms with Gasteiger partial charge >= 0.3 is 0 Å². The Hall–Kier alpha value is -1.60. The summed E-state index contributed by atoms with van der Waals surface area (Å²) in [6.07, 6.45) is 3.81. The third-order valence-corrected chi connectivity index (χ3v) is 5.46. The molecule has 0 amide bonds. The van der Waals surface area contributed by atoms with E-state index in [2.05, 4.69) is 60.8 Å². The molecule has 1 heteroatoms. The fourth-order valence-electron chi connectivity index (χ4n) is 4.64. The first-order chi connectivity index (χ1) is 10.4. The lowest BCUT2D eigenvalue weighted by molar-refractivity contribution is 0.459. The Morgan fingerprint density at radius 2 is 1.62 bits per heavy atom. The zero-order valence-electron chi connectivity index (χ0n) is 12.7. The van der Waals surface area contributed by atoms with Crippen LogP contribution >= 0.6 is 0 Å². The zero-order valence-corrected chi connectivity index (χ0v) is 12.7. The second kappa shape index (κ2) is 4.99. The van der Waals surface area contributed by atoms with Crippen LogP contribution in [0.2, 0.25) is 0 Å². The van der Waals surface area contributed by atoms with Crippen molar-refractivity contribution in [2.75, 3.05) is 13.1 Å². The second-order valence-corrected chi connectivity index (χ2v) is 6.47. The van der Waals surface area contributed by atoms with Gasteiger partial charge in [-0.3, -0.25) is 0 Å². The quantitative estimate of drug-likeness (QED) is 0.807. The molecule has 0 fully saturated rings. The molecule has 2 aliphatic carbocycles. The summed E-state index contributed by atoms with van der Waals surface area (Å²) in [4.78, 5) is 0. The monoisotopic (exact) mass is 277 g/mol. The number of rotatable bonds is 5. The van der Waals surface area contributed by atoms with Gasteiger partial charge in [0.2, 0.25) is 0 Å². The fourth-order valence-corrected chi connectivity index (χ4v) is 4.64. The van der Waals surface area contributed by atoms with Crippen LogP contribution in [0.3, 0.4) is 0 Å². The van der Waals surface area contributed by atoms with E-state index in [1.54, 1.807) is 22.3 Å². The van der Waals surface area contributed by atoms with Crippen molar-refractivity contribution in [1.29, 1.82) is 0 Å². The van der Waals surface area contributed by atoms with E-state index in [1.165, 1.54) is 19.3 Å². The van der Waals surface area contributed by atoms with Gasteiger partial charge in [0.05, 0.1) is 0 Å². The number of nitrogens with one attached hydrogen (secondary N) is 1. The Morgan fingerprint density at radius 3 is 2.24 bits per heavy atom. The van der Waals surface area contributed by atoms with Crippen LogP contribution in [0.15, 0.2) is 48.5 Å². The molecule has 0 atom stereocenters. The predicted molar refractivity (Wildman–Crippen MR) is 87.9 cm³/mol. The standard InChI is InChI=1S/C20H23N/c1-2-21-13-7-12-20-14-17(15-8-3-5-10-18(15)20)16-9-4-6-11-19(16)20/h3-6,8-11,17,21H,2,7,12-14H2,1H3.